The number of aliphatic carboxylic acids is 1. The molecule has 0 aliphatic heterocycles. The summed E-state index contributed by atoms with van der Waals surface area (Å²) in [5, 5.41) is 17.4. The van der Waals surface area contributed by atoms with Crippen LogP contribution < -0.4 is 4.74 Å². The highest BCUT2D eigenvalue weighted by Gasteiger charge is 2.42. The Morgan fingerprint density at radius 3 is 1.83 bits per heavy atom. The van der Waals surface area contributed by atoms with E-state index in [1.54, 1.807) is 0 Å². The van der Waals surface area contributed by atoms with Gasteiger partial charge in [0, 0.05) is 0 Å². The van der Waals surface area contributed by atoms with Gasteiger partial charge in [-0.1, -0.05) is 0 Å². The fourth-order valence-electron chi connectivity index (χ4n) is 1.64. The number of sulfone groups is 1. The average Bonchev–Trinajstić information content (AvgIpc) is 2.47. The lowest BCUT2D eigenvalue weighted by Gasteiger charge is -2.13. The second-order valence-electron chi connectivity index (χ2n) is 4.39. The zero-order chi connectivity index (χ0) is 17.3. The van der Waals surface area contributed by atoms with Crippen LogP contribution in [0.25, 0.3) is 0 Å². The topological polar surface area (TPSA) is 101 Å². The van der Waals surface area contributed by atoms with Gasteiger partial charge >= 0.3 is 12.1 Å². The molecular weight excluding hydrogens is 334 g/mol. The van der Waals surface area contributed by atoms with Crippen LogP contribution in [0, 0.1) is 0 Å². The molecule has 0 bridgehead atoms. The summed E-state index contributed by atoms with van der Waals surface area (Å²) in [4.78, 5) is 9.98. The van der Waals surface area contributed by atoms with Gasteiger partial charge < -0.3 is 14.9 Å². The van der Waals surface area contributed by atoms with Gasteiger partial charge in [-0.25, -0.2) is 13.2 Å². The summed E-state index contributed by atoms with van der Waals surface area (Å²) < 4.78 is 54.4. The van der Waals surface area contributed by atoms with E-state index in [1.165, 1.54) is 24.3 Å². The number of alkyl halides is 2. The molecule has 9 heteroatoms. The van der Waals surface area contributed by atoms with Crippen LogP contribution in [0.5, 0.6) is 11.5 Å². The zero-order valence-electron chi connectivity index (χ0n) is 11.3. The highest BCUT2D eigenvalue weighted by molar-refractivity contribution is 7.91. The summed E-state index contributed by atoms with van der Waals surface area (Å²) >= 11 is 0. The maximum atomic E-state index is 12.9. The highest BCUT2D eigenvalue weighted by atomic mass is 32.2. The molecule has 2 aromatic rings. The Hall–Kier alpha value is -2.68. The van der Waals surface area contributed by atoms with E-state index < -0.39 is 27.7 Å². The second kappa shape index (κ2) is 5.84. The molecule has 23 heavy (non-hydrogen) atoms. The predicted octanol–water partition coefficient (Wildman–Crippen LogP) is 2.28. The molecule has 2 rings (SSSR count). The largest absolute Gasteiger partial charge is 0.508 e. The van der Waals surface area contributed by atoms with Crippen LogP contribution in [0.2, 0.25) is 0 Å². The SMILES string of the molecule is O=C(O)C(F)(F)Oc1ccc(S(=O)(=O)c2ccc(O)cc2)cc1. The predicted molar refractivity (Wildman–Crippen MR) is 73.2 cm³/mol. The first-order valence-corrected chi connectivity index (χ1v) is 7.56. The number of halogens is 2. The number of rotatable bonds is 5. The molecule has 0 saturated carbocycles. The molecule has 0 unspecified atom stereocenters. The Bertz CT molecular complexity index is 813. The van der Waals surface area contributed by atoms with Crippen molar-refractivity contribution >= 4 is 15.8 Å². The molecule has 0 saturated heterocycles. The minimum Gasteiger partial charge on any atom is -0.508 e. The van der Waals surface area contributed by atoms with E-state index in [4.69, 9.17) is 10.2 Å². The number of hydrogen-bond donors (Lipinski definition) is 2. The Labute approximate surface area is 129 Å². The molecule has 122 valence electrons. The van der Waals surface area contributed by atoms with Crippen molar-refractivity contribution in [3.63, 3.8) is 0 Å². The molecule has 0 radical (unpaired) electrons. The van der Waals surface area contributed by atoms with Crippen LogP contribution >= 0.6 is 0 Å². The average molecular weight is 344 g/mol. The van der Waals surface area contributed by atoms with E-state index in [0.29, 0.717) is 0 Å². The van der Waals surface area contributed by atoms with Crippen molar-refractivity contribution in [1.82, 2.24) is 0 Å². The van der Waals surface area contributed by atoms with Crippen LogP contribution in [0.4, 0.5) is 8.78 Å². The lowest BCUT2D eigenvalue weighted by atomic mass is 10.3. The third-order valence-electron chi connectivity index (χ3n) is 2.78. The van der Waals surface area contributed by atoms with Crippen LogP contribution in [-0.2, 0) is 14.6 Å². The molecule has 0 amide bonds. The van der Waals surface area contributed by atoms with Crippen LogP contribution in [0.1, 0.15) is 0 Å². The molecule has 0 fully saturated rings. The number of hydrogen-bond acceptors (Lipinski definition) is 5. The van der Waals surface area contributed by atoms with Crippen LogP contribution in [0.15, 0.2) is 58.3 Å². The Morgan fingerprint density at radius 2 is 1.39 bits per heavy atom. The van der Waals surface area contributed by atoms with E-state index in [9.17, 15) is 22.0 Å². The van der Waals surface area contributed by atoms with Crippen LogP contribution in [0.3, 0.4) is 0 Å². The molecule has 0 aliphatic carbocycles. The van der Waals surface area contributed by atoms with Crippen molar-refractivity contribution in [2.24, 2.45) is 0 Å². The second-order valence-corrected chi connectivity index (χ2v) is 6.34. The minimum atomic E-state index is -4.42. The van der Waals surface area contributed by atoms with Crippen molar-refractivity contribution in [3.05, 3.63) is 48.5 Å². The Kier molecular flexibility index (Phi) is 4.24. The first-order chi connectivity index (χ1) is 10.6. The fourth-order valence-corrected chi connectivity index (χ4v) is 2.90. The molecule has 0 aromatic heterocycles. The lowest BCUT2D eigenvalue weighted by molar-refractivity contribution is -0.210. The van der Waals surface area contributed by atoms with Gasteiger partial charge in [0.05, 0.1) is 9.79 Å². The fraction of sp³-hybridized carbons (Fsp3) is 0.0714. The smallest absolute Gasteiger partial charge is 0.501 e. The Morgan fingerprint density at radius 1 is 0.957 bits per heavy atom. The maximum absolute atomic E-state index is 12.9. The number of ether oxygens (including phenoxy) is 1. The summed E-state index contributed by atoms with van der Waals surface area (Å²) in [5.41, 5.74) is 0. The van der Waals surface area contributed by atoms with E-state index in [-0.39, 0.29) is 15.5 Å². The van der Waals surface area contributed by atoms with Crippen molar-refractivity contribution in [3.8, 4) is 11.5 Å². The van der Waals surface area contributed by atoms with E-state index in [1.807, 2.05) is 0 Å². The van der Waals surface area contributed by atoms with Gasteiger partial charge in [-0.05, 0) is 48.5 Å². The summed E-state index contributed by atoms with van der Waals surface area (Å²) in [7, 11) is -3.90. The maximum Gasteiger partial charge on any atom is 0.501 e. The van der Waals surface area contributed by atoms with Gasteiger partial charge in [0.15, 0.2) is 0 Å². The monoisotopic (exact) mass is 344 g/mol. The molecule has 0 heterocycles. The quantitative estimate of drug-likeness (QED) is 0.863. The van der Waals surface area contributed by atoms with Gasteiger partial charge in [0.2, 0.25) is 9.84 Å². The third kappa shape index (κ3) is 3.57. The number of aromatic hydroxyl groups is 1. The first-order valence-electron chi connectivity index (χ1n) is 6.07. The number of carboxylic acids is 1. The van der Waals surface area contributed by atoms with Gasteiger partial charge in [0.1, 0.15) is 11.5 Å². The van der Waals surface area contributed by atoms with E-state index in [2.05, 4.69) is 4.74 Å². The lowest BCUT2D eigenvalue weighted by Crippen LogP contribution is -2.34. The molecular formula is C14H10F2O6S. The number of carbonyl (C=O) groups is 1. The number of phenolic OH excluding ortho intramolecular Hbond substituents is 1. The van der Waals surface area contributed by atoms with E-state index in [0.717, 1.165) is 24.3 Å². The van der Waals surface area contributed by atoms with Crippen LogP contribution in [-0.4, -0.2) is 30.7 Å². The summed E-state index contributed by atoms with van der Waals surface area (Å²) in [6.07, 6.45) is -4.42. The first kappa shape index (κ1) is 16.7. The molecule has 2 N–H and O–H groups in total. The number of phenols is 1. The van der Waals surface area contributed by atoms with Crippen molar-refractivity contribution in [2.45, 2.75) is 15.9 Å². The zero-order valence-corrected chi connectivity index (χ0v) is 12.1. The van der Waals surface area contributed by atoms with Gasteiger partial charge in [0.25, 0.3) is 0 Å². The molecule has 6 nitrogen and oxygen atoms in total. The summed E-state index contributed by atoms with van der Waals surface area (Å²) in [6.45, 7) is 0. The molecule has 2 aromatic carbocycles. The molecule has 0 spiro atoms. The Balaban J connectivity index is 2.29. The van der Waals surface area contributed by atoms with Crippen molar-refractivity contribution < 1.29 is 36.9 Å². The number of carboxylic acid groups (broad SMARTS) is 1. The van der Waals surface area contributed by atoms with Gasteiger partial charge in [-0.3, -0.25) is 0 Å². The summed E-state index contributed by atoms with van der Waals surface area (Å²) in [6, 6.07) is 8.62. The number of benzene rings is 2. The van der Waals surface area contributed by atoms with E-state index >= 15 is 0 Å². The molecule has 0 atom stereocenters. The highest BCUT2D eigenvalue weighted by Crippen LogP contribution is 2.27. The molecule has 0 aliphatic rings. The standard InChI is InChI=1S/C14H10F2O6S/c15-14(16,13(18)19)22-10-3-7-12(8-4-10)23(20,21)11-5-1-9(17)2-6-11/h1-8,17H,(H,18,19). The normalized spacial score (nSPS) is 11.9. The van der Waals surface area contributed by atoms with Gasteiger partial charge in [-0.2, -0.15) is 8.78 Å². The van der Waals surface area contributed by atoms with Gasteiger partial charge in [-0.15, -0.1) is 0 Å². The third-order valence-corrected chi connectivity index (χ3v) is 4.56. The van der Waals surface area contributed by atoms with Crippen molar-refractivity contribution in [2.75, 3.05) is 0 Å². The van der Waals surface area contributed by atoms with Crippen molar-refractivity contribution in [1.29, 1.82) is 0 Å². The summed E-state index contributed by atoms with van der Waals surface area (Å²) in [5.74, 6) is -3.07. The minimum absolute atomic E-state index is 0.0974.